The molecule has 0 aromatic heterocycles. The molecule has 3 fully saturated rings. The van der Waals surface area contributed by atoms with Gasteiger partial charge in [0.05, 0.1) is 26.9 Å². The van der Waals surface area contributed by atoms with E-state index in [1.165, 1.54) is 0 Å². The van der Waals surface area contributed by atoms with Crippen molar-refractivity contribution in [2.24, 2.45) is 11.3 Å². The first-order valence-electron chi connectivity index (χ1n) is 10.7. The molecule has 0 aliphatic carbocycles. The van der Waals surface area contributed by atoms with Gasteiger partial charge in [0.15, 0.2) is 11.5 Å². The Hall–Kier alpha value is -1.87. The molecular formula is C22H32N2O6. The van der Waals surface area contributed by atoms with E-state index >= 15 is 0 Å². The van der Waals surface area contributed by atoms with Crippen LogP contribution in [-0.4, -0.2) is 93.7 Å². The number of morpholine rings is 1. The van der Waals surface area contributed by atoms with Crippen molar-refractivity contribution in [2.75, 3.05) is 72.9 Å². The van der Waals surface area contributed by atoms with Gasteiger partial charge in [0.2, 0.25) is 0 Å². The van der Waals surface area contributed by atoms with Gasteiger partial charge in [-0.05, 0) is 30.0 Å². The number of ether oxygens (including phenoxy) is 4. The lowest BCUT2D eigenvalue weighted by Gasteiger charge is -2.34. The van der Waals surface area contributed by atoms with E-state index < -0.39 is 11.4 Å². The molecule has 1 aromatic carbocycles. The molecule has 0 saturated carbocycles. The van der Waals surface area contributed by atoms with Crippen LogP contribution in [0.25, 0.3) is 0 Å². The molecule has 0 amide bonds. The third-order valence-electron chi connectivity index (χ3n) is 6.57. The predicted octanol–water partition coefficient (Wildman–Crippen LogP) is 1.33. The quantitative estimate of drug-likeness (QED) is 0.675. The number of hydrogen-bond acceptors (Lipinski definition) is 7. The zero-order chi connectivity index (χ0) is 21.0. The first-order chi connectivity index (χ1) is 14.6. The van der Waals surface area contributed by atoms with E-state index in [2.05, 4.69) is 9.80 Å². The highest BCUT2D eigenvalue weighted by atomic mass is 16.5. The van der Waals surface area contributed by atoms with Gasteiger partial charge >= 0.3 is 5.97 Å². The van der Waals surface area contributed by atoms with E-state index in [1.54, 1.807) is 7.11 Å². The minimum absolute atomic E-state index is 0.145. The maximum atomic E-state index is 12.0. The molecule has 2 atom stereocenters. The Morgan fingerprint density at radius 2 is 2.03 bits per heavy atom. The number of aliphatic carboxylic acids is 1. The molecule has 3 aliphatic rings. The zero-order valence-corrected chi connectivity index (χ0v) is 17.7. The van der Waals surface area contributed by atoms with Crippen LogP contribution in [-0.2, 0) is 20.8 Å². The topological polar surface area (TPSA) is 80.7 Å². The summed E-state index contributed by atoms with van der Waals surface area (Å²) in [7, 11) is 1.64. The maximum absolute atomic E-state index is 12.0. The molecule has 0 unspecified atom stereocenters. The number of methoxy groups -OCH3 is 1. The molecule has 3 aliphatic heterocycles. The van der Waals surface area contributed by atoms with Crippen LogP contribution in [0, 0.1) is 11.3 Å². The van der Waals surface area contributed by atoms with E-state index in [9.17, 15) is 9.90 Å². The molecule has 3 saturated heterocycles. The van der Waals surface area contributed by atoms with E-state index in [1.807, 2.05) is 18.2 Å². The number of rotatable bonds is 8. The van der Waals surface area contributed by atoms with Crippen molar-refractivity contribution in [3.8, 4) is 11.5 Å². The van der Waals surface area contributed by atoms with Crippen molar-refractivity contribution in [2.45, 2.75) is 13.0 Å². The van der Waals surface area contributed by atoms with E-state index in [0.29, 0.717) is 38.7 Å². The van der Waals surface area contributed by atoms with Crippen molar-refractivity contribution in [1.82, 2.24) is 9.80 Å². The molecule has 0 radical (unpaired) electrons. The van der Waals surface area contributed by atoms with Gasteiger partial charge in [-0.25, -0.2) is 0 Å². The van der Waals surface area contributed by atoms with Gasteiger partial charge in [-0.2, -0.15) is 0 Å². The highest BCUT2D eigenvalue weighted by Gasteiger charge is 2.53. The summed E-state index contributed by atoms with van der Waals surface area (Å²) in [5, 5.41) is 9.85. The lowest BCUT2D eigenvalue weighted by Crippen LogP contribution is -2.46. The van der Waals surface area contributed by atoms with Gasteiger partial charge in [-0.3, -0.25) is 14.6 Å². The fourth-order valence-corrected chi connectivity index (χ4v) is 4.81. The number of fused-ring (bicyclic) bond motifs is 1. The van der Waals surface area contributed by atoms with Crippen LogP contribution in [0.15, 0.2) is 18.2 Å². The molecule has 0 bridgehead atoms. The van der Waals surface area contributed by atoms with E-state index in [0.717, 1.165) is 57.1 Å². The molecule has 1 N–H and O–H groups in total. The highest BCUT2D eigenvalue weighted by Crippen LogP contribution is 2.42. The minimum atomic E-state index is -0.776. The summed E-state index contributed by atoms with van der Waals surface area (Å²) in [5.41, 5.74) is 0.319. The molecule has 0 spiro atoms. The van der Waals surface area contributed by atoms with Crippen LogP contribution in [0.2, 0.25) is 0 Å². The van der Waals surface area contributed by atoms with E-state index in [4.69, 9.17) is 18.9 Å². The highest BCUT2D eigenvalue weighted by molar-refractivity contribution is 5.76. The fourth-order valence-electron chi connectivity index (χ4n) is 4.81. The van der Waals surface area contributed by atoms with Crippen molar-refractivity contribution < 1.29 is 28.8 Å². The Bertz CT molecular complexity index is 738. The number of nitrogens with zero attached hydrogens (tertiary/aromatic N) is 2. The first-order valence-corrected chi connectivity index (χ1v) is 10.7. The fraction of sp³-hybridized carbons (Fsp3) is 0.682. The molecular weight excluding hydrogens is 388 g/mol. The largest absolute Gasteiger partial charge is 0.493 e. The molecule has 4 rings (SSSR count). The monoisotopic (exact) mass is 420 g/mol. The smallest absolute Gasteiger partial charge is 0.313 e. The Kier molecular flexibility index (Phi) is 6.77. The summed E-state index contributed by atoms with van der Waals surface area (Å²) >= 11 is 0. The third kappa shape index (κ3) is 4.56. The van der Waals surface area contributed by atoms with Crippen LogP contribution < -0.4 is 9.47 Å². The van der Waals surface area contributed by atoms with Crippen molar-refractivity contribution in [3.63, 3.8) is 0 Å². The Balaban J connectivity index is 1.38. The molecule has 8 nitrogen and oxygen atoms in total. The first kappa shape index (κ1) is 21.4. The maximum Gasteiger partial charge on any atom is 0.313 e. The van der Waals surface area contributed by atoms with Gasteiger partial charge in [0.25, 0.3) is 0 Å². The second kappa shape index (κ2) is 9.51. The average Bonchev–Trinajstić information content (AvgIpc) is 3.14. The van der Waals surface area contributed by atoms with Crippen LogP contribution in [0.5, 0.6) is 11.5 Å². The van der Waals surface area contributed by atoms with Crippen LogP contribution in [0.4, 0.5) is 0 Å². The van der Waals surface area contributed by atoms with Gasteiger partial charge < -0.3 is 24.1 Å². The number of hydrogen-bond donors (Lipinski definition) is 1. The SMILES string of the molecule is COc1ccc(CN2C[C@@H]3CCOC[C@]3(C(=O)O)C2)cc1OCCN1CCOCC1. The summed E-state index contributed by atoms with van der Waals surface area (Å²) in [4.78, 5) is 16.5. The lowest BCUT2D eigenvalue weighted by molar-refractivity contribution is -0.159. The molecule has 30 heavy (non-hydrogen) atoms. The number of carbonyl (C=O) groups is 1. The zero-order valence-electron chi connectivity index (χ0n) is 17.7. The second-order valence-corrected chi connectivity index (χ2v) is 8.46. The Morgan fingerprint density at radius 3 is 2.77 bits per heavy atom. The van der Waals surface area contributed by atoms with Crippen molar-refractivity contribution >= 4 is 5.97 Å². The standard InChI is InChI=1S/C22H32N2O6/c1-27-19-3-2-17(12-20(19)30-11-7-23-5-9-28-10-6-23)13-24-14-18-4-8-29-16-22(18,15-24)21(25)26/h2-3,12,18H,4-11,13-16H2,1H3,(H,25,26)/t18-,22+/m0/s1. The van der Waals surface area contributed by atoms with Crippen molar-refractivity contribution in [1.29, 1.82) is 0 Å². The van der Waals surface area contributed by atoms with Gasteiger partial charge in [0.1, 0.15) is 12.0 Å². The number of carboxylic acids is 1. The summed E-state index contributed by atoms with van der Waals surface area (Å²) < 4.78 is 22.4. The number of likely N-dealkylation sites (tertiary alicyclic amines) is 1. The van der Waals surface area contributed by atoms with Gasteiger partial charge in [0, 0.05) is 45.9 Å². The minimum Gasteiger partial charge on any atom is -0.493 e. The molecule has 166 valence electrons. The van der Waals surface area contributed by atoms with Crippen LogP contribution in [0.1, 0.15) is 12.0 Å². The Morgan fingerprint density at radius 1 is 1.20 bits per heavy atom. The molecule has 3 heterocycles. The summed E-state index contributed by atoms with van der Waals surface area (Å²) in [6.45, 7) is 7.82. The number of benzene rings is 1. The summed E-state index contributed by atoms with van der Waals surface area (Å²) in [5.74, 6) is 0.852. The normalized spacial score (nSPS) is 27.6. The average molecular weight is 421 g/mol. The predicted molar refractivity (Wildman–Crippen MR) is 110 cm³/mol. The molecule has 1 aromatic rings. The molecule has 8 heteroatoms. The summed E-state index contributed by atoms with van der Waals surface area (Å²) in [6, 6.07) is 5.97. The summed E-state index contributed by atoms with van der Waals surface area (Å²) in [6.07, 6.45) is 0.807. The van der Waals surface area contributed by atoms with E-state index in [-0.39, 0.29) is 5.92 Å². The van der Waals surface area contributed by atoms with Crippen LogP contribution >= 0.6 is 0 Å². The third-order valence-corrected chi connectivity index (χ3v) is 6.57. The van der Waals surface area contributed by atoms with Crippen molar-refractivity contribution in [3.05, 3.63) is 23.8 Å². The second-order valence-electron chi connectivity index (χ2n) is 8.46. The lowest BCUT2D eigenvalue weighted by atomic mass is 9.76. The van der Waals surface area contributed by atoms with Crippen LogP contribution in [0.3, 0.4) is 0 Å². The number of carboxylic acid groups (broad SMARTS) is 1. The Labute approximate surface area is 177 Å². The van der Waals surface area contributed by atoms with Gasteiger partial charge in [-0.1, -0.05) is 6.07 Å². The van der Waals surface area contributed by atoms with Gasteiger partial charge in [-0.15, -0.1) is 0 Å².